The van der Waals surface area contributed by atoms with E-state index >= 15 is 0 Å². The minimum atomic E-state index is -4.69. The SMILES string of the molecule is CC(C)C(=O)OC(C)N1C=C(c2ncccc2C(F)(F)F)C=C2N=NC(Nc3ccc(C(F)(F)F)cc3)N21.Cl. The van der Waals surface area contributed by atoms with Crippen LogP contribution in [0.4, 0.5) is 32.0 Å². The number of azo groups is 1. The van der Waals surface area contributed by atoms with Gasteiger partial charge < -0.3 is 10.1 Å². The molecule has 0 saturated heterocycles. The summed E-state index contributed by atoms with van der Waals surface area (Å²) in [5.41, 5.74) is -1.87. The lowest BCUT2D eigenvalue weighted by Crippen LogP contribution is -2.51. The zero-order valence-corrected chi connectivity index (χ0v) is 21.5. The molecule has 210 valence electrons. The van der Waals surface area contributed by atoms with Crippen molar-refractivity contribution in [2.75, 3.05) is 5.32 Å². The summed E-state index contributed by atoms with van der Waals surface area (Å²) in [5.74, 6) is -0.946. The lowest BCUT2D eigenvalue weighted by Gasteiger charge is -2.41. The van der Waals surface area contributed by atoms with Crippen molar-refractivity contribution in [3.8, 4) is 0 Å². The fourth-order valence-electron chi connectivity index (χ4n) is 3.68. The van der Waals surface area contributed by atoms with Gasteiger partial charge in [-0.3, -0.25) is 9.78 Å². The predicted octanol–water partition coefficient (Wildman–Crippen LogP) is 6.66. The molecule has 3 heterocycles. The molecule has 0 aliphatic carbocycles. The quantitative estimate of drug-likeness (QED) is 0.306. The van der Waals surface area contributed by atoms with E-state index in [4.69, 9.17) is 4.74 Å². The van der Waals surface area contributed by atoms with E-state index in [2.05, 4.69) is 20.5 Å². The van der Waals surface area contributed by atoms with Gasteiger partial charge in [-0.05, 0) is 49.4 Å². The highest BCUT2D eigenvalue weighted by atomic mass is 35.5. The number of ether oxygens (including phenoxy) is 1. The molecule has 39 heavy (non-hydrogen) atoms. The Balaban J connectivity index is 0.00000420. The molecule has 2 aliphatic rings. The van der Waals surface area contributed by atoms with Crippen molar-refractivity contribution >= 4 is 29.6 Å². The van der Waals surface area contributed by atoms with Gasteiger partial charge in [0.25, 0.3) is 0 Å². The van der Waals surface area contributed by atoms with Gasteiger partial charge in [0, 0.05) is 23.7 Å². The third-order valence-electron chi connectivity index (χ3n) is 5.57. The number of pyridine rings is 1. The molecular formula is C24H23ClF6N6O2. The number of anilines is 1. The maximum atomic E-state index is 13.7. The molecule has 8 nitrogen and oxygen atoms in total. The number of aromatic nitrogens is 1. The van der Waals surface area contributed by atoms with Gasteiger partial charge in [-0.2, -0.15) is 26.3 Å². The third-order valence-corrected chi connectivity index (χ3v) is 5.57. The number of esters is 1. The maximum absolute atomic E-state index is 13.7. The normalized spacial score (nSPS) is 17.7. The van der Waals surface area contributed by atoms with Crippen molar-refractivity contribution < 1.29 is 35.9 Å². The summed E-state index contributed by atoms with van der Waals surface area (Å²) in [7, 11) is 0. The van der Waals surface area contributed by atoms with Crippen LogP contribution in [-0.4, -0.2) is 33.5 Å². The summed E-state index contributed by atoms with van der Waals surface area (Å²) in [6.07, 6.45) is -7.37. The molecule has 0 saturated carbocycles. The Morgan fingerprint density at radius 3 is 2.28 bits per heavy atom. The summed E-state index contributed by atoms with van der Waals surface area (Å²) < 4.78 is 85.3. The molecule has 4 rings (SSSR count). The number of nitrogens with one attached hydrogen (secondary N) is 1. The first-order valence-electron chi connectivity index (χ1n) is 11.3. The molecule has 2 atom stereocenters. The number of fused-ring (bicyclic) bond motifs is 1. The Morgan fingerprint density at radius 2 is 1.69 bits per heavy atom. The zero-order valence-electron chi connectivity index (χ0n) is 20.7. The fraction of sp³-hybridized carbons (Fsp3) is 0.333. The van der Waals surface area contributed by atoms with Gasteiger partial charge in [-0.25, -0.2) is 10.0 Å². The second-order valence-corrected chi connectivity index (χ2v) is 8.71. The summed E-state index contributed by atoms with van der Waals surface area (Å²) in [5, 5.41) is 13.8. The zero-order chi connectivity index (χ0) is 27.8. The first-order chi connectivity index (χ1) is 17.8. The van der Waals surface area contributed by atoms with Gasteiger partial charge >= 0.3 is 18.3 Å². The fourth-order valence-corrected chi connectivity index (χ4v) is 3.68. The number of hydrazine groups is 1. The molecule has 15 heteroatoms. The van der Waals surface area contributed by atoms with Gasteiger partial charge in [0.05, 0.1) is 22.7 Å². The first kappa shape index (κ1) is 29.7. The van der Waals surface area contributed by atoms with Crippen LogP contribution in [0, 0.1) is 5.92 Å². The van der Waals surface area contributed by atoms with Crippen molar-refractivity contribution in [1.82, 2.24) is 15.0 Å². The van der Waals surface area contributed by atoms with Gasteiger partial charge in [0.1, 0.15) is 0 Å². The van der Waals surface area contributed by atoms with E-state index in [0.717, 1.165) is 18.2 Å². The summed E-state index contributed by atoms with van der Waals surface area (Å²) in [6, 6.07) is 6.27. The number of hydrogen-bond acceptors (Lipinski definition) is 8. The smallest absolute Gasteiger partial charge is 0.418 e. The Labute approximate surface area is 225 Å². The van der Waals surface area contributed by atoms with E-state index in [9.17, 15) is 31.1 Å². The van der Waals surface area contributed by atoms with Crippen LogP contribution in [0.2, 0.25) is 0 Å². The van der Waals surface area contributed by atoms with Crippen molar-refractivity contribution in [3.63, 3.8) is 0 Å². The highest BCUT2D eigenvalue weighted by Crippen LogP contribution is 2.39. The number of hydrogen-bond donors (Lipinski definition) is 1. The van der Waals surface area contributed by atoms with Crippen LogP contribution in [0.15, 0.2) is 70.9 Å². The average molecular weight is 577 g/mol. The van der Waals surface area contributed by atoms with Crippen LogP contribution < -0.4 is 5.32 Å². The van der Waals surface area contributed by atoms with Crippen LogP contribution in [0.5, 0.6) is 0 Å². The second-order valence-electron chi connectivity index (χ2n) is 8.71. The molecule has 2 aromatic rings. The van der Waals surface area contributed by atoms with Gasteiger partial charge in [-0.15, -0.1) is 22.6 Å². The Hall–Kier alpha value is -3.81. The van der Waals surface area contributed by atoms with Crippen LogP contribution >= 0.6 is 12.4 Å². The van der Waals surface area contributed by atoms with Crippen LogP contribution in [0.1, 0.15) is 37.6 Å². The highest BCUT2D eigenvalue weighted by molar-refractivity contribution is 5.85. The van der Waals surface area contributed by atoms with E-state index in [-0.39, 0.29) is 35.2 Å². The van der Waals surface area contributed by atoms with Gasteiger partial charge in [0.2, 0.25) is 6.29 Å². The molecule has 0 spiro atoms. The van der Waals surface area contributed by atoms with Crippen LogP contribution in [0.3, 0.4) is 0 Å². The number of allylic oxidation sites excluding steroid dienone is 2. The van der Waals surface area contributed by atoms with E-state index in [0.29, 0.717) is 0 Å². The minimum Gasteiger partial charge on any atom is -0.440 e. The standard InChI is InChI=1S/C24H22F6N6O2.ClH/c1-13(2)21(37)38-14(3)35-12-15(20-18(24(28,29)30)5-4-10-31-20)11-19-33-34-22(36(19)35)32-17-8-6-16(7-9-17)23(25,26)27;/h4-14,22,32H,1-3H3;1H. The lowest BCUT2D eigenvalue weighted by molar-refractivity contribution is -0.172. The van der Waals surface area contributed by atoms with Crippen molar-refractivity contribution in [3.05, 3.63) is 77.5 Å². The third kappa shape index (κ3) is 6.44. The molecule has 1 aromatic heterocycles. The van der Waals surface area contributed by atoms with E-state index < -0.39 is 47.9 Å². The summed E-state index contributed by atoms with van der Waals surface area (Å²) in [4.78, 5) is 16.2. The minimum absolute atomic E-state index is 0. The summed E-state index contributed by atoms with van der Waals surface area (Å²) in [6.45, 7) is 4.75. The predicted molar refractivity (Wildman–Crippen MR) is 130 cm³/mol. The van der Waals surface area contributed by atoms with Crippen LogP contribution in [0.25, 0.3) is 5.57 Å². The number of halogens is 7. The lowest BCUT2D eigenvalue weighted by atomic mass is 10.1. The molecule has 1 aromatic carbocycles. The van der Waals surface area contributed by atoms with E-state index in [1.807, 2.05) is 0 Å². The molecule has 0 amide bonds. The molecule has 0 fully saturated rings. The number of benzene rings is 1. The number of rotatable bonds is 6. The Bertz CT molecular complexity index is 1290. The number of carbonyl (C=O) groups is 1. The highest BCUT2D eigenvalue weighted by Gasteiger charge is 2.40. The molecule has 2 aliphatic heterocycles. The molecular weight excluding hydrogens is 554 g/mol. The molecule has 0 bridgehead atoms. The topological polar surface area (TPSA) is 82.4 Å². The van der Waals surface area contributed by atoms with Crippen molar-refractivity contribution in [2.24, 2.45) is 16.1 Å². The maximum Gasteiger partial charge on any atom is 0.418 e. The number of alkyl halides is 6. The second kappa shape index (κ2) is 11.1. The number of nitrogens with zero attached hydrogens (tertiary/aromatic N) is 5. The Morgan fingerprint density at radius 1 is 1.03 bits per heavy atom. The molecule has 1 N–H and O–H groups in total. The molecule has 0 radical (unpaired) electrons. The first-order valence-corrected chi connectivity index (χ1v) is 11.3. The molecule has 2 unspecified atom stereocenters. The summed E-state index contributed by atoms with van der Waals surface area (Å²) >= 11 is 0. The van der Waals surface area contributed by atoms with Gasteiger partial charge in [0.15, 0.2) is 12.0 Å². The van der Waals surface area contributed by atoms with Gasteiger partial charge in [-0.1, -0.05) is 13.8 Å². The number of carbonyl (C=O) groups excluding carboxylic acids is 1. The van der Waals surface area contributed by atoms with Crippen LogP contribution in [-0.2, 0) is 21.9 Å². The van der Waals surface area contributed by atoms with Crippen molar-refractivity contribution in [2.45, 2.75) is 45.6 Å². The monoisotopic (exact) mass is 576 g/mol. The average Bonchev–Trinajstić information content (AvgIpc) is 3.25. The van der Waals surface area contributed by atoms with Crippen molar-refractivity contribution in [1.29, 1.82) is 0 Å². The van der Waals surface area contributed by atoms with E-state index in [1.54, 1.807) is 13.8 Å². The Kier molecular flexibility index (Phi) is 8.48. The van der Waals surface area contributed by atoms with E-state index in [1.165, 1.54) is 53.6 Å². The largest absolute Gasteiger partial charge is 0.440 e.